The molecular weight excluding hydrogens is 330 g/mol. The van der Waals surface area contributed by atoms with E-state index in [4.69, 9.17) is 31.5 Å². The predicted octanol–water partition coefficient (Wildman–Crippen LogP) is 0.980. The van der Waals surface area contributed by atoms with Gasteiger partial charge in [0.2, 0.25) is 0 Å². The van der Waals surface area contributed by atoms with Crippen LogP contribution in [0.25, 0.3) is 0 Å². The van der Waals surface area contributed by atoms with Crippen molar-refractivity contribution in [2.24, 2.45) is 13.0 Å². The predicted molar refractivity (Wildman–Crippen MR) is 78.0 cm³/mol. The van der Waals surface area contributed by atoms with Crippen LogP contribution in [0.4, 0.5) is 0 Å². The van der Waals surface area contributed by atoms with Crippen molar-refractivity contribution in [3.8, 4) is 0 Å². The number of carbonyl (C=O) groups is 2. The fourth-order valence-corrected chi connectivity index (χ4v) is 2.37. The van der Waals surface area contributed by atoms with Crippen molar-refractivity contribution in [3.63, 3.8) is 0 Å². The normalized spacial score (nSPS) is 12.5. The van der Waals surface area contributed by atoms with Gasteiger partial charge in [-0.25, -0.2) is 0 Å². The Morgan fingerprint density at radius 2 is 1.83 bits per heavy atom. The number of carbonyl (C=O) groups excluding carboxylic acids is 2. The quantitative estimate of drug-likeness (QED) is 0.405. The van der Waals surface area contributed by atoms with Gasteiger partial charge in [0, 0.05) is 18.5 Å². The van der Waals surface area contributed by atoms with Gasteiger partial charge in [-0.15, -0.1) is 0 Å². The molecule has 1 aromatic heterocycles. The second kappa shape index (κ2) is 8.82. The first kappa shape index (κ1) is 19.4. The lowest BCUT2D eigenvalue weighted by atomic mass is 9.87. The number of rotatable bonds is 8. The van der Waals surface area contributed by atoms with Crippen molar-refractivity contribution in [2.45, 2.75) is 19.8 Å². The lowest BCUT2D eigenvalue weighted by Crippen LogP contribution is -2.38. The number of aromatic nitrogens is 2. The van der Waals surface area contributed by atoms with Gasteiger partial charge in [-0.3, -0.25) is 24.7 Å². The second-order valence-electron chi connectivity index (χ2n) is 4.66. The van der Waals surface area contributed by atoms with Gasteiger partial charge < -0.3 is 9.47 Å². The second-order valence-corrected chi connectivity index (χ2v) is 5.02. The van der Waals surface area contributed by atoms with E-state index in [1.165, 1.54) is 10.9 Å². The van der Waals surface area contributed by atoms with Crippen molar-refractivity contribution >= 4 is 23.5 Å². The van der Waals surface area contributed by atoms with Crippen LogP contribution in [0.1, 0.15) is 25.3 Å². The number of esters is 2. The first-order chi connectivity index (χ1) is 10.8. The summed E-state index contributed by atoms with van der Waals surface area (Å²) in [5.74, 6) is -4.09. The van der Waals surface area contributed by atoms with Gasteiger partial charge in [-0.1, -0.05) is 16.8 Å². The number of aryl methyl sites for hydroxylation is 1. The highest BCUT2D eigenvalue weighted by molar-refractivity contribution is 6.30. The highest BCUT2D eigenvalue weighted by Crippen LogP contribution is 2.32. The zero-order valence-electron chi connectivity index (χ0n) is 13.1. The summed E-state index contributed by atoms with van der Waals surface area (Å²) in [4.78, 5) is 24.4. The summed E-state index contributed by atoms with van der Waals surface area (Å²) in [7, 11) is 1.57. The molecule has 0 fully saturated rings. The Hall–Kier alpha value is -1.68. The lowest BCUT2D eigenvalue weighted by Gasteiger charge is -2.24. The van der Waals surface area contributed by atoms with Crippen molar-refractivity contribution in [1.29, 1.82) is 0 Å². The number of nitrogens with zero attached hydrogens (tertiary/aromatic N) is 3. The fraction of sp³-hybridized carbons (Fsp3) is 0.615. The van der Waals surface area contributed by atoms with Crippen LogP contribution in [0.15, 0.2) is 6.20 Å². The number of halogens is 1. The standard InChI is InChI=1S/C13H20ClN3O6/c1-4-22-12(18)10(13(19)23-5-2)9(7-17(20)21)8-6-15-16(3)11(8)14/h6,9-10,20-21H,4-5,7H2,1-3H3. The van der Waals surface area contributed by atoms with Crippen LogP contribution in [-0.4, -0.2) is 57.1 Å². The Morgan fingerprint density at radius 3 is 2.17 bits per heavy atom. The Labute approximate surface area is 138 Å². The summed E-state index contributed by atoms with van der Waals surface area (Å²) >= 11 is 6.11. The van der Waals surface area contributed by atoms with Gasteiger partial charge in [0.05, 0.1) is 26.0 Å². The van der Waals surface area contributed by atoms with Crippen LogP contribution < -0.4 is 0 Å². The lowest BCUT2D eigenvalue weighted by molar-refractivity contribution is -0.309. The molecule has 1 unspecified atom stereocenters. The van der Waals surface area contributed by atoms with Gasteiger partial charge in [0.25, 0.3) is 0 Å². The van der Waals surface area contributed by atoms with Gasteiger partial charge in [-0.2, -0.15) is 5.10 Å². The topological polar surface area (TPSA) is 114 Å². The number of hydrogen-bond donors (Lipinski definition) is 2. The molecule has 1 aromatic rings. The third-order valence-electron chi connectivity index (χ3n) is 3.14. The molecule has 0 aliphatic rings. The van der Waals surface area contributed by atoms with Gasteiger partial charge in [-0.05, 0) is 13.8 Å². The van der Waals surface area contributed by atoms with Crippen LogP contribution in [0.3, 0.4) is 0 Å². The highest BCUT2D eigenvalue weighted by atomic mass is 35.5. The highest BCUT2D eigenvalue weighted by Gasteiger charge is 2.41. The van der Waals surface area contributed by atoms with Crippen molar-refractivity contribution < 1.29 is 29.5 Å². The summed E-state index contributed by atoms with van der Waals surface area (Å²) in [5, 5.41) is 22.3. The molecule has 1 atom stereocenters. The van der Waals surface area contributed by atoms with E-state index in [1.54, 1.807) is 20.9 Å². The van der Waals surface area contributed by atoms with E-state index in [-0.39, 0.29) is 23.6 Å². The Kier molecular flexibility index (Phi) is 7.43. The van der Waals surface area contributed by atoms with E-state index >= 15 is 0 Å². The third kappa shape index (κ3) is 4.90. The van der Waals surface area contributed by atoms with E-state index in [0.717, 1.165) is 0 Å². The summed E-state index contributed by atoms with van der Waals surface area (Å²) in [6.45, 7) is 2.84. The maximum Gasteiger partial charge on any atom is 0.321 e. The molecule has 0 amide bonds. The van der Waals surface area contributed by atoms with Crippen LogP contribution in [0.2, 0.25) is 5.15 Å². The Bertz CT molecular complexity index is 530. The molecule has 0 aromatic carbocycles. The number of hydrogen-bond acceptors (Lipinski definition) is 8. The molecular formula is C13H20ClN3O6. The van der Waals surface area contributed by atoms with Crippen molar-refractivity contribution in [1.82, 2.24) is 15.0 Å². The molecule has 10 heteroatoms. The van der Waals surface area contributed by atoms with E-state index in [2.05, 4.69) is 5.10 Å². The molecule has 0 radical (unpaired) electrons. The molecule has 1 rings (SSSR count). The van der Waals surface area contributed by atoms with Crippen LogP contribution in [-0.2, 0) is 26.1 Å². The SMILES string of the molecule is CCOC(=O)C(C(=O)OCC)C(CN(O)O)c1cnn(C)c1Cl. The zero-order chi connectivity index (χ0) is 17.6. The zero-order valence-corrected chi connectivity index (χ0v) is 13.9. The third-order valence-corrected chi connectivity index (χ3v) is 3.60. The average molecular weight is 350 g/mol. The molecule has 0 saturated carbocycles. The minimum absolute atomic E-state index is 0.0597. The monoisotopic (exact) mass is 349 g/mol. The van der Waals surface area contributed by atoms with Crippen molar-refractivity contribution in [2.75, 3.05) is 19.8 Å². The van der Waals surface area contributed by atoms with E-state index in [1.807, 2.05) is 0 Å². The van der Waals surface area contributed by atoms with Crippen LogP contribution >= 0.6 is 11.6 Å². The van der Waals surface area contributed by atoms with Crippen molar-refractivity contribution in [3.05, 3.63) is 16.9 Å². The maximum absolute atomic E-state index is 12.2. The van der Waals surface area contributed by atoms with Crippen LogP contribution in [0.5, 0.6) is 0 Å². The Morgan fingerprint density at radius 1 is 1.30 bits per heavy atom. The molecule has 130 valence electrons. The summed E-state index contributed by atoms with van der Waals surface area (Å²) in [6, 6.07) is 0. The fourth-order valence-electron chi connectivity index (χ4n) is 2.14. The largest absolute Gasteiger partial charge is 0.465 e. The minimum Gasteiger partial charge on any atom is -0.465 e. The molecule has 0 aliphatic heterocycles. The smallest absolute Gasteiger partial charge is 0.321 e. The molecule has 2 N–H and O–H groups in total. The molecule has 0 bridgehead atoms. The summed E-state index contributed by atoms with van der Waals surface area (Å²) in [5.41, 5.74) is 0.299. The molecule has 1 heterocycles. The van der Waals surface area contributed by atoms with Crippen LogP contribution in [0, 0.1) is 5.92 Å². The molecule has 0 spiro atoms. The van der Waals surface area contributed by atoms with Gasteiger partial charge in [0.1, 0.15) is 5.15 Å². The maximum atomic E-state index is 12.2. The molecule has 23 heavy (non-hydrogen) atoms. The van der Waals surface area contributed by atoms with E-state index in [9.17, 15) is 9.59 Å². The molecule has 0 aliphatic carbocycles. The van der Waals surface area contributed by atoms with Gasteiger partial charge in [0.15, 0.2) is 5.92 Å². The van der Waals surface area contributed by atoms with E-state index < -0.39 is 30.3 Å². The minimum atomic E-state index is -1.40. The number of hydroxylamine groups is 2. The summed E-state index contributed by atoms with van der Waals surface area (Å²) in [6.07, 6.45) is 1.35. The Balaban J connectivity index is 3.28. The van der Waals surface area contributed by atoms with Gasteiger partial charge >= 0.3 is 11.9 Å². The first-order valence-corrected chi connectivity index (χ1v) is 7.37. The molecule has 9 nitrogen and oxygen atoms in total. The van der Waals surface area contributed by atoms with E-state index in [0.29, 0.717) is 5.56 Å². The summed E-state index contributed by atoms with van der Waals surface area (Å²) < 4.78 is 11.2. The molecule has 0 saturated heterocycles. The first-order valence-electron chi connectivity index (χ1n) is 6.99. The number of ether oxygens (including phenoxy) is 2. The average Bonchev–Trinajstić information content (AvgIpc) is 2.78.